The molecule has 2 N–H and O–H groups in total. The number of aryl methyl sites for hydroxylation is 3. The summed E-state index contributed by atoms with van der Waals surface area (Å²) in [5.41, 5.74) is 2.54. The van der Waals surface area contributed by atoms with Crippen LogP contribution in [0.1, 0.15) is 55.2 Å². The summed E-state index contributed by atoms with van der Waals surface area (Å²) in [7, 11) is -3.65. The molecule has 8 nitrogen and oxygen atoms in total. The van der Waals surface area contributed by atoms with Gasteiger partial charge in [0.25, 0.3) is 0 Å². The van der Waals surface area contributed by atoms with E-state index in [4.69, 9.17) is 4.74 Å². The summed E-state index contributed by atoms with van der Waals surface area (Å²) in [6.45, 7) is 7.36. The molecule has 0 aliphatic carbocycles. The van der Waals surface area contributed by atoms with E-state index in [2.05, 4.69) is 10.6 Å². The second kappa shape index (κ2) is 10.8. The Morgan fingerprint density at radius 3 is 2.38 bits per heavy atom. The Morgan fingerprint density at radius 1 is 1.03 bits per heavy atom. The first-order chi connectivity index (χ1) is 15.2. The van der Waals surface area contributed by atoms with E-state index in [1.165, 1.54) is 0 Å². The molecule has 1 aromatic carbocycles. The van der Waals surface area contributed by atoms with Crippen LogP contribution in [0.25, 0.3) is 0 Å². The average molecular weight is 466 g/mol. The van der Waals surface area contributed by atoms with Crippen LogP contribution >= 0.6 is 0 Å². The van der Waals surface area contributed by atoms with Crippen molar-refractivity contribution in [1.29, 1.82) is 0 Å². The van der Waals surface area contributed by atoms with Crippen LogP contribution in [0.2, 0.25) is 0 Å². The smallest absolute Gasteiger partial charge is 0.309 e. The second-order valence-electron chi connectivity index (χ2n) is 8.88. The maximum atomic E-state index is 13.5. The van der Waals surface area contributed by atoms with E-state index in [0.717, 1.165) is 48.8 Å². The van der Waals surface area contributed by atoms with Gasteiger partial charge < -0.3 is 15.4 Å². The number of nitrogens with one attached hydrogen (secondary N) is 2. The normalized spacial score (nSPS) is 22.0. The number of carbonyl (C=O) groups is 2. The molecule has 3 rings (SSSR count). The van der Waals surface area contributed by atoms with E-state index in [-0.39, 0.29) is 18.7 Å². The predicted molar refractivity (Wildman–Crippen MR) is 122 cm³/mol. The summed E-state index contributed by atoms with van der Waals surface area (Å²) in [6.07, 6.45) is 4.79. The molecule has 1 aromatic rings. The second-order valence-corrected chi connectivity index (χ2v) is 10.7. The summed E-state index contributed by atoms with van der Waals surface area (Å²) in [6, 6.07) is 3.59. The SMILES string of the molecule is Cc1cc(C)c(S(=O)(=O)N2CCCC[C@@H]2CCNC(=O)C(=O)NC[C@H]2CCCO2)c(C)c1. The van der Waals surface area contributed by atoms with Gasteiger partial charge >= 0.3 is 11.8 Å². The molecule has 2 amide bonds. The number of carbonyl (C=O) groups excluding carboxylic acids is 2. The number of sulfonamides is 1. The minimum absolute atomic E-state index is 0.0264. The molecule has 0 spiro atoms. The van der Waals surface area contributed by atoms with Crippen LogP contribution < -0.4 is 10.6 Å². The number of rotatable bonds is 7. The molecule has 0 radical (unpaired) electrons. The number of hydrogen-bond donors (Lipinski definition) is 2. The Morgan fingerprint density at radius 2 is 1.72 bits per heavy atom. The van der Waals surface area contributed by atoms with Gasteiger partial charge in [-0.25, -0.2) is 8.42 Å². The Bertz CT molecular complexity index is 918. The maximum Gasteiger partial charge on any atom is 0.309 e. The van der Waals surface area contributed by atoms with E-state index in [1.807, 2.05) is 32.9 Å². The molecule has 0 unspecified atom stereocenters. The van der Waals surface area contributed by atoms with E-state index in [9.17, 15) is 18.0 Å². The van der Waals surface area contributed by atoms with Crippen LogP contribution in [0.15, 0.2) is 17.0 Å². The highest BCUT2D eigenvalue weighted by atomic mass is 32.2. The van der Waals surface area contributed by atoms with Crippen LogP contribution in [-0.2, 0) is 24.3 Å². The van der Waals surface area contributed by atoms with Gasteiger partial charge in [-0.3, -0.25) is 9.59 Å². The molecule has 0 bridgehead atoms. The fourth-order valence-corrected chi connectivity index (χ4v) is 6.93. The Balaban J connectivity index is 1.58. The standard InChI is InChI=1S/C23H35N3O5S/c1-16-13-17(2)21(18(3)14-16)32(29,30)26-11-5-4-7-19(26)9-10-24-22(27)23(28)25-15-20-8-6-12-31-20/h13-14,19-20H,4-12,15H2,1-3H3,(H,24,27)(H,25,28)/t19-,20-/m1/s1. The van der Waals surface area contributed by atoms with Crippen LogP contribution in [0.4, 0.5) is 0 Å². The number of nitrogens with zero attached hydrogens (tertiary/aromatic N) is 1. The molecule has 178 valence electrons. The number of amides is 2. The molecule has 2 atom stereocenters. The molecule has 2 saturated heterocycles. The Kier molecular flexibility index (Phi) is 8.30. The number of ether oxygens (including phenoxy) is 1. The first kappa shape index (κ1) is 24.7. The molecular formula is C23H35N3O5S. The fraction of sp³-hybridized carbons (Fsp3) is 0.652. The van der Waals surface area contributed by atoms with Gasteiger partial charge in [-0.1, -0.05) is 24.1 Å². The lowest BCUT2D eigenvalue weighted by atomic mass is 10.0. The predicted octanol–water partition coefficient (Wildman–Crippen LogP) is 1.96. The third kappa shape index (κ3) is 5.88. The van der Waals surface area contributed by atoms with Gasteiger partial charge in [-0.05, 0) is 64.0 Å². The first-order valence-corrected chi connectivity index (χ1v) is 12.9. The molecule has 9 heteroatoms. The van der Waals surface area contributed by atoms with Crippen molar-refractivity contribution in [2.24, 2.45) is 0 Å². The molecule has 2 heterocycles. The summed E-state index contributed by atoms with van der Waals surface area (Å²) in [5, 5.41) is 5.24. The van der Waals surface area contributed by atoms with E-state index >= 15 is 0 Å². The van der Waals surface area contributed by atoms with Crippen molar-refractivity contribution in [3.05, 3.63) is 28.8 Å². The van der Waals surface area contributed by atoms with Crippen molar-refractivity contribution in [3.63, 3.8) is 0 Å². The highest BCUT2D eigenvalue weighted by Crippen LogP contribution is 2.31. The van der Waals surface area contributed by atoms with E-state index in [0.29, 0.717) is 31.0 Å². The molecule has 0 aromatic heterocycles. The van der Waals surface area contributed by atoms with Crippen LogP contribution in [0, 0.1) is 20.8 Å². The monoisotopic (exact) mass is 465 g/mol. The lowest BCUT2D eigenvalue weighted by Gasteiger charge is -2.35. The van der Waals surface area contributed by atoms with Gasteiger partial charge in [-0.15, -0.1) is 0 Å². The summed E-state index contributed by atoms with van der Waals surface area (Å²) in [5.74, 6) is -1.38. The molecule has 32 heavy (non-hydrogen) atoms. The van der Waals surface area contributed by atoms with Gasteiger partial charge in [-0.2, -0.15) is 4.31 Å². The fourth-order valence-electron chi connectivity index (χ4n) is 4.79. The number of piperidine rings is 1. The Hall–Kier alpha value is -1.97. The van der Waals surface area contributed by atoms with Crippen LogP contribution in [-0.4, -0.2) is 62.9 Å². The third-order valence-corrected chi connectivity index (χ3v) is 8.49. The van der Waals surface area contributed by atoms with Gasteiger partial charge in [0.15, 0.2) is 0 Å². The molecule has 2 fully saturated rings. The molecule has 2 aliphatic heterocycles. The lowest BCUT2D eigenvalue weighted by Crippen LogP contribution is -2.47. The zero-order valence-corrected chi connectivity index (χ0v) is 20.1. The topological polar surface area (TPSA) is 105 Å². The molecular weight excluding hydrogens is 430 g/mol. The first-order valence-electron chi connectivity index (χ1n) is 11.5. The van der Waals surface area contributed by atoms with Gasteiger partial charge in [0, 0.05) is 32.3 Å². The largest absolute Gasteiger partial charge is 0.376 e. The van der Waals surface area contributed by atoms with Crippen molar-refractivity contribution >= 4 is 21.8 Å². The minimum Gasteiger partial charge on any atom is -0.376 e. The lowest BCUT2D eigenvalue weighted by molar-refractivity contribution is -0.139. The van der Waals surface area contributed by atoms with Crippen molar-refractivity contribution < 1.29 is 22.7 Å². The van der Waals surface area contributed by atoms with Gasteiger partial charge in [0.1, 0.15) is 0 Å². The van der Waals surface area contributed by atoms with Gasteiger partial charge in [0.05, 0.1) is 11.0 Å². The zero-order chi connectivity index (χ0) is 23.3. The summed E-state index contributed by atoms with van der Waals surface area (Å²) < 4.78 is 34.1. The van der Waals surface area contributed by atoms with Gasteiger partial charge in [0.2, 0.25) is 10.0 Å². The average Bonchev–Trinajstić information content (AvgIpc) is 3.25. The zero-order valence-electron chi connectivity index (χ0n) is 19.3. The van der Waals surface area contributed by atoms with Crippen LogP contribution in [0.3, 0.4) is 0 Å². The molecule has 0 saturated carbocycles. The maximum absolute atomic E-state index is 13.5. The summed E-state index contributed by atoms with van der Waals surface area (Å²) >= 11 is 0. The van der Waals surface area contributed by atoms with Crippen LogP contribution in [0.5, 0.6) is 0 Å². The highest BCUT2D eigenvalue weighted by molar-refractivity contribution is 7.89. The number of hydrogen-bond acceptors (Lipinski definition) is 5. The molecule has 2 aliphatic rings. The quantitative estimate of drug-likeness (QED) is 0.599. The Labute approximate surface area is 191 Å². The highest BCUT2D eigenvalue weighted by Gasteiger charge is 2.35. The van der Waals surface area contributed by atoms with Crippen molar-refractivity contribution in [2.75, 3.05) is 26.2 Å². The van der Waals surface area contributed by atoms with E-state index < -0.39 is 21.8 Å². The number of benzene rings is 1. The van der Waals surface area contributed by atoms with E-state index in [1.54, 1.807) is 4.31 Å². The third-order valence-electron chi connectivity index (χ3n) is 6.23. The summed E-state index contributed by atoms with van der Waals surface area (Å²) in [4.78, 5) is 24.5. The van der Waals surface area contributed by atoms with Crippen molar-refractivity contribution in [2.45, 2.75) is 76.3 Å². The minimum atomic E-state index is -3.65. The van der Waals surface area contributed by atoms with Crippen molar-refractivity contribution in [1.82, 2.24) is 14.9 Å². The van der Waals surface area contributed by atoms with Crippen molar-refractivity contribution in [3.8, 4) is 0 Å².